The van der Waals surface area contributed by atoms with Gasteiger partial charge in [0.1, 0.15) is 5.75 Å². The van der Waals surface area contributed by atoms with E-state index in [1.807, 2.05) is 52.0 Å². The highest BCUT2D eigenvalue weighted by Crippen LogP contribution is 2.17. The number of amides is 2. The normalized spacial score (nSPS) is 12.4. The summed E-state index contributed by atoms with van der Waals surface area (Å²) in [5.41, 5.74) is 0.473. The van der Waals surface area contributed by atoms with Gasteiger partial charge in [-0.05, 0) is 45.4 Å². The van der Waals surface area contributed by atoms with Crippen molar-refractivity contribution in [2.24, 2.45) is 0 Å². The summed E-state index contributed by atoms with van der Waals surface area (Å²) in [6, 6.07) is 7.08. The first-order chi connectivity index (χ1) is 9.23. The molecule has 0 aromatic heterocycles. The van der Waals surface area contributed by atoms with E-state index in [1.54, 1.807) is 7.11 Å². The van der Waals surface area contributed by atoms with Gasteiger partial charge in [0.2, 0.25) is 0 Å². The minimum absolute atomic E-state index is 0.251. The predicted octanol–water partition coefficient (Wildman–Crippen LogP) is 1.79. The average molecular weight is 278 g/mol. The molecule has 0 aliphatic rings. The van der Waals surface area contributed by atoms with Crippen LogP contribution < -0.4 is 15.4 Å². The summed E-state index contributed by atoms with van der Waals surface area (Å²) in [5.74, 6) is -0.515. The lowest BCUT2D eigenvalue weighted by molar-refractivity contribution is -0.140. The molecule has 1 aromatic rings. The Labute approximate surface area is 119 Å². The van der Waals surface area contributed by atoms with Crippen LogP contribution in [0.5, 0.6) is 5.75 Å². The molecule has 20 heavy (non-hydrogen) atoms. The molecule has 0 spiro atoms. The minimum Gasteiger partial charge on any atom is -0.497 e. The summed E-state index contributed by atoms with van der Waals surface area (Å²) >= 11 is 0. The van der Waals surface area contributed by atoms with Crippen LogP contribution in [0.4, 0.5) is 0 Å². The Morgan fingerprint density at radius 3 is 2.10 bits per heavy atom. The molecule has 0 bridgehead atoms. The standard InChI is InChI=1S/C15H22N2O3/c1-10(11-6-8-12(20-5)9-7-11)16-13(18)14(19)17-15(2,3)4/h6-10H,1-5H3,(H,16,18)(H,17,19). The number of methoxy groups -OCH3 is 1. The van der Waals surface area contributed by atoms with E-state index in [-0.39, 0.29) is 6.04 Å². The highest BCUT2D eigenvalue weighted by atomic mass is 16.5. The van der Waals surface area contributed by atoms with Gasteiger partial charge >= 0.3 is 11.8 Å². The van der Waals surface area contributed by atoms with Crippen molar-refractivity contribution < 1.29 is 14.3 Å². The predicted molar refractivity (Wildman–Crippen MR) is 77.4 cm³/mol. The van der Waals surface area contributed by atoms with Crippen LogP contribution in [0.3, 0.4) is 0 Å². The van der Waals surface area contributed by atoms with Crippen molar-refractivity contribution in [1.29, 1.82) is 0 Å². The molecule has 2 amide bonds. The highest BCUT2D eigenvalue weighted by molar-refractivity contribution is 6.35. The van der Waals surface area contributed by atoms with Gasteiger partial charge in [-0.15, -0.1) is 0 Å². The number of benzene rings is 1. The Hall–Kier alpha value is -2.04. The number of hydrogen-bond acceptors (Lipinski definition) is 3. The summed E-state index contributed by atoms with van der Waals surface area (Å²) < 4.78 is 5.07. The largest absolute Gasteiger partial charge is 0.497 e. The van der Waals surface area contributed by atoms with Crippen LogP contribution in [-0.4, -0.2) is 24.5 Å². The number of carbonyl (C=O) groups is 2. The zero-order valence-electron chi connectivity index (χ0n) is 12.6. The molecule has 110 valence electrons. The number of nitrogens with one attached hydrogen (secondary N) is 2. The molecule has 5 heteroatoms. The van der Waals surface area contributed by atoms with Gasteiger partial charge < -0.3 is 15.4 Å². The van der Waals surface area contributed by atoms with E-state index in [4.69, 9.17) is 4.74 Å². The van der Waals surface area contributed by atoms with Crippen molar-refractivity contribution >= 4 is 11.8 Å². The van der Waals surface area contributed by atoms with E-state index in [0.717, 1.165) is 11.3 Å². The Kier molecular flexibility index (Phi) is 5.13. The average Bonchev–Trinajstić information content (AvgIpc) is 2.36. The SMILES string of the molecule is COc1ccc(C(C)NC(=O)C(=O)NC(C)(C)C)cc1. The van der Waals surface area contributed by atoms with E-state index >= 15 is 0 Å². The van der Waals surface area contributed by atoms with Gasteiger partial charge in [0.25, 0.3) is 0 Å². The molecule has 0 aliphatic heterocycles. The molecule has 1 rings (SSSR count). The second-order valence-electron chi connectivity index (χ2n) is 5.67. The van der Waals surface area contributed by atoms with Gasteiger partial charge in [-0.25, -0.2) is 0 Å². The first kappa shape index (κ1) is 16.0. The molecule has 0 heterocycles. The topological polar surface area (TPSA) is 67.4 Å². The third kappa shape index (κ3) is 4.91. The van der Waals surface area contributed by atoms with Crippen molar-refractivity contribution in [2.45, 2.75) is 39.3 Å². The van der Waals surface area contributed by atoms with E-state index in [2.05, 4.69) is 10.6 Å². The van der Waals surface area contributed by atoms with Gasteiger partial charge in [-0.1, -0.05) is 12.1 Å². The smallest absolute Gasteiger partial charge is 0.309 e. The second-order valence-corrected chi connectivity index (χ2v) is 5.67. The fraction of sp³-hybridized carbons (Fsp3) is 0.467. The number of carbonyl (C=O) groups excluding carboxylic acids is 2. The molecule has 0 radical (unpaired) electrons. The summed E-state index contributed by atoms with van der Waals surface area (Å²) in [6.07, 6.45) is 0. The third-order valence-electron chi connectivity index (χ3n) is 2.66. The molecule has 0 saturated heterocycles. The van der Waals surface area contributed by atoms with E-state index in [1.165, 1.54) is 0 Å². The number of hydrogen-bond donors (Lipinski definition) is 2. The van der Waals surface area contributed by atoms with Crippen LogP contribution in [0.1, 0.15) is 39.3 Å². The molecule has 0 saturated carbocycles. The van der Waals surface area contributed by atoms with Crippen molar-refractivity contribution in [3.63, 3.8) is 0 Å². The number of ether oxygens (including phenoxy) is 1. The minimum atomic E-state index is -0.636. The monoisotopic (exact) mass is 278 g/mol. The van der Waals surface area contributed by atoms with Gasteiger partial charge in [0, 0.05) is 5.54 Å². The van der Waals surface area contributed by atoms with Crippen LogP contribution in [0.25, 0.3) is 0 Å². The van der Waals surface area contributed by atoms with E-state index in [0.29, 0.717) is 0 Å². The lowest BCUT2D eigenvalue weighted by Gasteiger charge is -2.21. The van der Waals surface area contributed by atoms with Crippen LogP contribution in [0, 0.1) is 0 Å². The third-order valence-corrected chi connectivity index (χ3v) is 2.66. The molecular formula is C15H22N2O3. The lowest BCUT2D eigenvalue weighted by Crippen LogP contribution is -2.48. The summed E-state index contributed by atoms with van der Waals surface area (Å²) in [6.45, 7) is 7.30. The Balaban J connectivity index is 2.62. The first-order valence-corrected chi connectivity index (χ1v) is 6.50. The van der Waals surface area contributed by atoms with Crippen LogP contribution in [0.2, 0.25) is 0 Å². The van der Waals surface area contributed by atoms with Crippen LogP contribution in [0.15, 0.2) is 24.3 Å². The molecule has 0 fully saturated rings. The maximum Gasteiger partial charge on any atom is 0.309 e. The second kappa shape index (κ2) is 6.41. The molecule has 1 aromatic carbocycles. The van der Waals surface area contributed by atoms with Crippen molar-refractivity contribution in [2.75, 3.05) is 7.11 Å². The zero-order chi connectivity index (χ0) is 15.3. The van der Waals surface area contributed by atoms with Gasteiger partial charge in [0.15, 0.2) is 0 Å². The maximum absolute atomic E-state index is 11.8. The quantitative estimate of drug-likeness (QED) is 0.828. The van der Waals surface area contributed by atoms with Crippen molar-refractivity contribution in [1.82, 2.24) is 10.6 Å². The Bertz CT molecular complexity index is 475. The maximum atomic E-state index is 11.8. The van der Waals surface area contributed by atoms with Gasteiger partial charge in [0.05, 0.1) is 13.2 Å². The summed E-state index contributed by atoms with van der Waals surface area (Å²) in [4.78, 5) is 23.5. The van der Waals surface area contributed by atoms with Crippen molar-refractivity contribution in [3.05, 3.63) is 29.8 Å². The zero-order valence-corrected chi connectivity index (χ0v) is 12.6. The highest BCUT2D eigenvalue weighted by Gasteiger charge is 2.21. The Morgan fingerprint density at radius 1 is 1.10 bits per heavy atom. The molecule has 0 aliphatic carbocycles. The van der Waals surface area contributed by atoms with Crippen LogP contribution in [-0.2, 0) is 9.59 Å². The van der Waals surface area contributed by atoms with Crippen LogP contribution >= 0.6 is 0 Å². The Morgan fingerprint density at radius 2 is 1.65 bits per heavy atom. The van der Waals surface area contributed by atoms with E-state index in [9.17, 15) is 9.59 Å². The first-order valence-electron chi connectivity index (χ1n) is 6.50. The van der Waals surface area contributed by atoms with Gasteiger partial charge in [-0.3, -0.25) is 9.59 Å². The summed E-state index contributed by atoms with van der Waals surface area (Å²) in [7, 11) is 1.59. The molecule has 1 unspecified atom stereocenters. The molecule has 1 atom stereocenters. The summed E-state index contributed by atoms with van der Waals surface area (Å²) in [5, 5.41) is 5.29. The fourth-order valence-corrected chi connectivity index (χ4v) is 1.64. The van der Waals surface area contributed by atoms with E-state index < -0.39 is 17.4 Å². The van der Waals surface area contributed by atoms with Crippen molar-refractivity contribution in [3.8, 4) is 5.75 Å². The van der Waals surface area contributed by atoms with Gasteiger partial charge in [-0.2, -0.15) is 0 Å². The molecular weight excluding hydrogens is 256 g/mol. The number of rotatable bonds is 3. The molecule has 2 N–H and O–H groups in total. The lowest BCUT2D eigenvalue weighted by atomic mass is 10.1. The fourth-order valence-electron chi connectivity index (χ4n) is 1.64. The molecule has 5 nitrogen and oxygen atoms in total.